The number of methoxy groups -OCH3 is 2. The van der Waals surface area contributed by atoms with Gasteiger partial charge < -0.3 is 20.1 Å². The first-order chi connectivity index (χ1) is 22.7. The maximum absolute atomic E-state index is 14.7. The number of amides is 2. The quantitative estimate of drug-likeness (QED) is 0.166. The number of rotatable bonds is 10. The van der Waals surface area contributed by atoms with E-state index in [1.807, 2.05) is 20.8 Å². The number of halogens is 6. The van der Waals surface area contributed by atoms with E-state index >= 15 is 0 Å². The lowest BCUT2D eigenvalue weighted by atomic mass is 9.72. The standard InChI is InChI=1S/C35H36F6N2O6/c1-8-32(4,5)20-9-11-21(12-10-20)33(34(36,37)38,35(39,40)41)22-13-15-23(16-14-22)43-29(45)25-18-26(30(46)48-6)24(28(44)42-19(2)3)17-27(25)31(47)49-7/h9-19H,8H2,1-7H3,(H,42,44)(H,43,45). The predicted molar refractivity (Wildman–Crippen MR) is 169 cm³/mol. The molecule has 0 aliphatic rings. The van der Waals surface area contributed by atoms with Crippen LogP contribution in [0.4, 0.5) is 32.0 Å². The number of carbonyl (C=O) groups is 4. The molecule has 2 N–H and O–H groups in total. The molecule has 264 valence electrons. The third kappa shape index (κ3) is 7.57. The molecule has 14 heteroatoms. The van der Waals surface area contributed by atoms with Crippen LogP contribution in [-0.4, -0.2) is 56.4 Å². The molecule has 0 fully saturated rings. The number of ether oxygens (including phenoxy) is 2. The Labute approximate surface area is 279 Å². The largest absolute Gasteiger partial charge is 0.465 e. The van der Waals surface area contributed by atoms with Crippen LogP contribution in [0, 0.1) is 0 Å². The Balaban J connectivity index is 2.13. The van der Waals surface area contributed by atoms with Crippen molar-refractivity contribution in [3.05, 3.63) is 99.6 Å². The van der Waals surface area contributed by atoms with Crippen LogP contribution >= 0.6 is 0 Å². The molecule has 0 bridgehead atoms. The Morgan fingerprint density at radius 2 is 1.04 bits per heavy atom. The fraction of sp³-hybridized carbons (Fsp3) is 0.371. The molecule has 0 radical (unpaired) electrons. The van der Waals surface area contributed by atoms with Gasteiger partial charge in [0.1, 0.15) is 0 Å². The van der Waals surface area contributed by atoms with Crippen molar-refractivity contribution < 1.29 is 55.0 Å². The van der Waals surface area contributed by atoms with Gasteiger partial charge in [-0.15, -0.1) is 0 Å². The van der Waals surface area contributed by atoms with Crippen LogP contribution in [0.2, 0.25) is 0 Å². The summed E-state index contributed by atoms with van der Waals surface area (Å²) in [4.78, 5) is 51.5. The number of anilines is 1. The summed E-state index contributed by atoms with van der Waals surface area (Å²) >= 11 is 0. The second-order valence-electron chi connectivity index (χ2n) is 12.1. The molecule has 0 aliphatic heterocycles. The van der Waals surface area contributed by atoms with Crippen LogP contribution in [0.1, 0.15) is 99.2 Å². The summed E-state index contributed by atoms with van der Waals surface area (Å²) in [5.74, 6) is -3.99. The van der Waals surface area contributed by atoms with Gasteiger partial charge in [0.15, 0.2) is 0 Å². The van der Waals surface area contributed by atoms with E-state index in [0.29, 0.717) is 24.1 Å². The molecule has 0 atom stereocenters. The third-order valence-corrected chi connectivity index (χ3v) is 8.29. The molecule has 49 heavy (non-hydrogen) atoms. The molecule has 0 saturated carbocycles. The number of nitrogens with one attached hydrogen (secondary N) is 2. The molecule has 0 spiro atoms. The second kappa shape index (κ2) is 14.3. The molecule has 3 aromatic rings. The first kappa shape index (κ1) is 38.6. The van der Waals surface area contributed by atoms with Crippen LogP contribution in [0.5, 0.6) is 0 Å². The van der Waals surface area contributed by atoms with Gasteiger partial charge in [-0.25, -0.2) is 9.59 Å². The lowest BCUT2D eigenvalue weighted by Gasteiger charge is -2.38. The fourth-order valence-corrected chi connectivity index (χ4v) is 5.23. The lowest BCUT2D eigenvalue weighted by molar-refractivity contribution is -0.288. The van der Waals surface area contributed by atoms with Crippen molar-refractivity contribution in [1.29, 1.82) is 0 Å². The van der Waals surface area contributed by atoms with Gasteiger partial charge in [-0.3, -0.25) is 9.59 Å². The number of alkyl halides is 6. The average Bonchev–Trinajstić information content (AvgIpc) is 3.03. The van der Waals surface area contributed by atoms with Gasteiger partial charge in [-0.2, -0.15) is 26.3 Å². The Hall–Kier alpha value is -4.88. The molecule has 0 heterocycles. The van der Waals surface area contributed by atoms with E-state index in [1.165, 1.54) is 12.1 Å². The van der Waals surface area contributed by atoms with E-state index in [-0.39, 0.29) is 17.3 Å². The minimum absolute atomic E-state index is 0.246. The van der Waals surface area contributed by atoms with Gasteiger partial charge in [-0.1, -0.05) is 57.2 Å². The van der Waals surface area contributed by atoms with E-state index in [9.17, 15) is 45.5 Å². The summed E-state index contributed by atoms with van der Waals surface area (Å²) in [6.45, 7) is 8.76. The highest BCUT2D eigenvalue weighted by atomic mass is 19.4. The maximum atomic E-state index is 14.7. The number of hydrogen-bond acceptors (Lipinski definition) is 6. The van der Waals surface area contributed by atoms with E-state index in [4.69, 9.17) is 9.47 Å². The van der Waals surface area contributed by atoms with Gasteiger partial charge in [0.25, 0.3) is 11.8 Å². The Morgan fingerprint density at radius 3 is 1.41 bits per heavy atom. The third-order valence-electron chi connectivity index (χ3n) is 8.29. The van der Waals surface area contributed by atoms with Crippen LogP contribution in [0.3, 0.4) is 0 Å². The molecule has 0 aliphatic carbocycles. The zero-order chi connectivity index (χ0) is 37.1. The van der Waals surface area contributed by atoms with Crippen molar-refractivity contribution in [3.8, 4) is 0 Å². The molecular formula is C35H36F6N2O6. The van der Waals surface area contributed by atoms with Crippen LogP contribution in [-0.2, 0) is 20.3 Å². The van der Waals surface area contributed by atoms with Gasteiger partial charge in [0, 0.05) is 11.7 Å². The molecule has 0 unspecified atom stereocenters. The number of benzene rings is 3. The normalized spacial score (nSPS) is 12.4. The fourth-order valence-electron chi connectivity index (χ4n) is 5.23. The average molecular weight is 695 g/mol. The number of hydrogen-bond donors (Lipinski definition) is 2. The van der Waals surface area contributed by atoms with Crippen molar-refractivity contribution in [1.82, 2.24) is 5.32 Å². The Kier molecular flexibility index (Phi) is 11.3. The van der Waals surface area contributed by atoms with Crippen molar-refractivity contribution >= 4 is 29.4 Å². The summed E-state index contributed by atoms with van der Waals surface area (Å²) in [5.41, 5.74) is -8.47. The van der Waals surface area contributed by atoms with Gasteiger partial charge in [0.05, 0.1) is 36.5 Å². The smallest absolute Gasteiger partial charge is 0.411 e. The minimum Gasteiger partial charge on any atom is -0.465 e. The molecule has 8 nitrogen and oxygen atoms in total. The predicted octanol–water partition coefficient (Wildman–Crippen LogP) is 7.75. The van der Waals surface area contributed by atoms with Crippen LogP contribution < -0.4 is 10.6 Å². The van der Waals surface area contributed by atoms with Crippen molar-refractivity contribution in [2.75, 3.05) is 19.5 Å². The lowest BCUT2D eigenvalue weighted by Crippen LogP contribution is -2.54. The van der Waals surface area contributed by atoms with Gasteiger partial charge in [0.2, 0.25) is 5.41 Å². The van der Waals surface area contributed by atoms with E-state index in [1.54, 1.807) is 13.8 Å². The van der Waals surface area contributed by atoms with Crippen molar-refractivity contribution in [2.24, 2.45) is 0 Å². The molecular weight excluding hydrogens is 658 g/mol. The van der Waals surface area contributed by atoms with E-state index < -0.39 is 74.8 Å². The molecule has 3 rings (SSSR count). The number of carbonyl (C=O) groups excluding carboxylic acids is 4. The molecule has 2 amide bonds. The van der Waals surface area contributed by atoms with Gasteiger partial charge in [-0.05, 0) is 66.6 Å². The summed E-state index contributed by atoms with van der Waals surface area (Å²) in [6.07, 6.45) is -11.1. The highest BCUT2D eigenvalue weighted by Crippen LogP contribution is 2.56. The zero-order valence-electron chi connectivity index (χ0n) is 27.8. The summed E-state index contributed by atoms with van der Waals surface area (Å²) in [5, 5.41) is 4.86. The zero-order valence-corrected chi connectivity index (χ0v) is 27.8. The van der Waals surface area contributed by atoms with Crippen molar-refractivity contribution in [2.45, 2.75) is 70.3 Å². The molecule has 0 aromatic heterocycles. The Morgan fingerprint density at radius 1 is 0.653 bits per heavy atom. The van der Waals surface area contributed by atoms with Crippen LogP contribution in [0.25, 0.3) is 0 Å². The van der Waals surface area contributed by atoms with E-state index in [0.717, 1.165) is 50.6 Å². The van der Waals surface area contributed by atoms with Crippen LogP contribution in [0.15, 0.2) is 60.7 Å². The van der Waals surface area contributed by atoms with Crippen molar-refractivity contribution in [3.63, 3.8) is 0 Å². The molecule has 0 saturated heterocycles. The van der Waals surface area contributed by atoms with E-state index in [2.05, 4.69) is 10.6 Å². The maximum Gasteiger partial charge on any atom is 0.411 e. The monoisotopic (exact) mass is 694 g/mol. The SMILES string of the molecule is CCC(C)(C)c1ccc(C(c2ccc(NC(=O)c3cc(C(=O)OC)c(C(=O)NC(C)C)cc3C(=O)OC)cc2)(C(F)(F)F)C(F)(F)F)cc1. The topological polar surface area (TPSA) is 111 Å². The molecule has 3 aromatic carbocycles. The van der Waals surface area contributed by atoms with Gasteiger partial charge >= 0.3 is 24.3 Å². The second-order valence-corrected chi connectivity index (χ2v) is 12.1. The summed E-state index contributed by atoms with van der Waals surface area (Å²) < 4.78 is 97.8. The summed E-state index contributed by atoms with van der Waals surface area (Å²) in [7, 11) is 2.01. The highest BCUT2D eigenvalue weighted by Gasteiger charge is 2.72. The Bertz CT molecular complexity index is 1700. The minimum atomic E-state index is -5.83. The first-order valence-corrected chi connectivity index (χ1v) is 15.0. The number of esters is 2. The first-order valence-electron chi connectivity index (χ1n) is 15.0. The summed E-state index contributed by atoms with van der Waals surface area (Å²) in [6, 6.07) is 8.49. The highest BCUT2D eigenvalue weighted by molar-refractivity contribution is 6.15.